The molecule has 0 unspecified atom stereocenters. The van der Waals surface area contributed by atoms with Crippen LogP contribution in [0.3, 0.4) is 0 Å². The monoisotopic (exact) mass is 389 g/mol. The average molecular weight is 390 g/mol. The van der Waals surface area contributed by atoms with Crippen LogP contribution < -0.4 is 9.47 Å². The zero-order valence-electron chi connectivity index (χ0n) is 12.3. The van der Waals surface area contributed by atoms with E-state index in [1.54, 1.807) is 26.4 Å². The molecule has 2 rings (SSSR count). The summed E-state index contributed by atoms with van der Waals surface area (Å²) in [6, 6.07) is 3.50. The van der Waals surface area contributed by atoms with Crippen LogP contribution >= 0.6 is 27.7 Å². The Hall–Kier alpha value is -1.41. The lowest BCUT2D eigenvalue weighted by atomic mass is 10.2. The van der Waals surface area contributed by atoms with Crippen molar-refractivity contribution in [2.75, 3.05) is 33.1 Å². The highest BCUT2D eigenvalue weighted by Gasteiger charge is 2.24. The van der Waals surface area contributed by atoms with Gasteiger partial charge in [0.05, 0.1) is 18.7 Å². The molecule has 1 fully saturated rings. The van der Waals surface area contributed by atoms with Gasteiger partial charge in [-0.25, -0.2) is 0 Å². The van der Waals surface area contributed by atoms with Gasteiger partial charge in [-0.3, -0.25) is 9.59 Å². The van der Waals surface area contributed by atoms with Crippen LogP contribution in [-0.2, 0) is 16.1 Å². The summed E-state index contributed by atoms with van der Waals surface area (Å²) in [6.45, 7) is 0.608. The number of carbonyl (C=O) groups is 2. The molecule has 1 heterocycles. The topological polar surface area (TPSA) is 65.1 Å². The second-order valence-electron chi connectivity index (χ2n) is 4.50. The summed E-state index contributed by atoms with van der Waals surface area (Å²) in [6.07, 6.45) is 0. The van der Waals surface area contributed by atoms with Gasteiger partial charge in [0.2, 0.25) is 0 Å². The highest BCUT2D eigenvalue weighted by atomic mass is 79.9. The minimum Gasteiger partial charge on any atom is -0.496 e. The second kappa shape index (κ2) is 7.73. The van der Waals surface area contributed by atoms with Gasteiger partial charge in [-0.1, -0.05) is 11.8 Å². The molecule has 1 aliphatic heterocycles. The molecule has 22 heavy (non-hydrogen) atoms. The van der Waals surface area contributed by atoms with Crippen LogP contribution in [0.2, 0.25) is 0 Å². The Kier molecular flexibility index (Phi) is 5.96. The Morgan fingerprint density at radius 2 is 2.05 bits per heavy atom. The van der Waals surface area contributed by atoms with Crippen molar-refractivity contribution in [1.82, 2.24) is 4.90 Å². The summed E-state index contributed by atoms with van der Waals surface area (Å²) in [5, 5.41) is -0.0835. The minimum absolute atomic E-state index is 0.0260. The number of benzene rings is 1. The fourth-order valence-electron chi connectivity index (χ4n) is 1.97. The maximum atomic E-state index is 11.8. The molecule has 0 aliphatic carbocycles. The lowest BCUT2D eigenvalue weighted by molar-refractivity contribution is -0.145. The van der Waals surface area contributed by atoms with E-state index in [-0.39, 0.29) is 18.4 Å². The van der Waals surface area contributed by atoms with Crippen molar-refractivity contribution in [1.29, 1.82) is 0 Å². The van der Waals surface area contributed by atoms with Gasteiger partial charge < -0.3 is 19.1 Å². The summed E-state index contributed by atoms with van der Waals surface area (Å²) >= 11 is 4.58. The number of rotatable bonds is 6. The Morgan fingerprint density at radius 1 is 1.32 bits per heavy atom. The van der Waals surface area contributed by atoms with Crippen LogP contribution in [0.1, 0.15) is 5.56 Å². The van der Waals surface area contributed by atoms with Crippen molar-refractivity contribution in [3.63, 3.8) is 0 Å². The van der Waals surface area contributed by atoms with Crippen molar-refractivity contribution in [2.45, 2.75) is 6.61 Å². The van der Waals surface area contributed by atoms with E-state index in [9.17, 15) is 9.59 Å². The van der Waals surface area contributed by atoms with E-state index < -0.39 is 5.97 Å². The van der Waals surface area contributed by atoms with Gasteiger partial charge in [0.15, 0.2) is 0 Å². The zero-order chi connectivity index (χ0) is 16.1. The molecular weight excluding hydrogens is 374 g/mol. The Labute approximate surface area is 141 Å². The van der Waals surface area contributed by atoms with Crippen molar-refractivity contribution in [3.05, 3.63) is 22.2 Å². The van der Waals surface area contributed by atoms with E-state index in [2.05, 4.69) is 15.9 Å². The summed E-state index contributed by atoms with van der Waals surface area (Å²) in [5.41, 5.74) is 0.693. The number of carbonyl (C=O) groups excluding carboxylic acids is 2. The molecular formula is C14H16BrNO5S. The number of ether oxygens (including phenoxy) is 3. The first-order chi connectivity index (χ1) is 10.5. The lowest BCUT2D eigenvalue weighted by Crippen LogP contribution is -2.30. The van der Waals surface area contributed by atoms with Crippen molar-refractivity contribution in [3.8, 4) is 11.5 Å². The summed E-state index contributed by atoms with van der Waals surface area (Å²) in [5.74, 6) is 1.48. The van der Waals surface area contributed by atoms with Crippen LogP contribution in [0.15, 0.2) is 16.6 Å². The summed E-state index contributed by atoms with van der Waals surface area (Å²) < 4.78 is 16.5. The first kappa shape index (κ1) is 17.0. The van der Waals surface area contributed by atoms with E-state index in [0.717, 1.165) is 4.47 Å². The third-order valence-electron chi connectivity index (χ3n) is 3.11. The third-order valence-corrected chi connectivity index (χ3v) is 4.62. The highest BCUT2D eigenvalue weighted by Crippen LogP contribution is 2.33. The van der Waals surface area contributed by atoms with Crippen molar-refractivity contribution >= 4 is 38.9 Å². The number of hydrogen-bond donors (Lipinski definition) is 0. The number of methoxy groups -OCH3 is 2. The molecule has 6 nitrogen and oxygen atoms in total. The minimum atomic E-state index is -0.445. The van der Waals surface area contributed by atoms with Gasteiger partial charge in [0.25, 0.3) is 5.24 Å². The molecule has 0 bridgehead atoms. The summed E-state index contributed by atoms with van der Waals surface area (Å²) in [7, 11) is 3.10. The average Bonchev–Trinajstić information content (AvgIpc) is 2.90. The number of halogens is 1. The highest BCUT2D eigenvalue weighted by molar-refractivity contribution is 9.10. The number of hydrogen-bond acceptors (Lipinski definition) is 6. The molecule has 0 atom stereocenters. The predicted octanol–water partition coefficient (Wildman–Crippen LogP) is 2.68. The van der Waals surface area contributed by atoms with Gasteiger partial charge in [0.1, 0.15) is 24.7 Å². The van der Waals surface area contributed by atoms with Crippen LogP contribution in [-0.4, -0.2) is 49.2 Å². The number of esters is 1. The number of thioether (sulfide) groups is 1. The standard InChI is InChI=1S/C14H16BrNO5S/c1-19-11-6-10(15)12(20-2)5-9(11)8-21-13(17)7-16-3-4-22-14(16)18/h5-6H,3-4,7-8H2,1-2H3. The van der Waals surface area contributed by atoms with E-state index >= 15 is 0 Å². The molecule has 0 spiro atoms. The van der Waals surface area contributed by atoms with Crippen LogP contribution in [0.4, 0.5) is 4.79 Å². The molecule has 1 aromatic rings. The van der Waals surface area contributed by atoms with Crippen LogP contribution in [0, 0.1) is 0 Å². The molecule has 1 amide bonds. The summed E-state index contributed by atoms with van der Waals surface area (Å²) in [4.78, 5) is 24.8. The quantitative estimate of drug-likeness (QED) is 0.696. The second-order valence-corrected chi connectivity index (χ2v) is 6.40. The third kappa shape index (κ3) is 4.07. The lowest BCUT2D eigenvalue weighted by Gasteiger charge is -2.15. The van der Waals surface area contributed by atoms with Gasteiger partial charge in [-0.05, 0) is 28.1 Å². The van der Waals surface area contributed by atoms with E-state index in [1.807, 2.05) is 0 Å². The van der Waals surface area contributed by atoms with Crippen molar-refractivity contribution < 1.29 is 23.8 Å². The first-order valence-electron chi connectivity index (χ1n) is 6.53. The van der Waals surface area contributed by atoms with E-state index in [4.69, 9.17) is 14.2 Å². The van der Waals surface area contributed by atoms with Crippen LogP contribution in [0.25, 0.3) is 0 Å². The van der Waals surface area contributed by atoms with E-state index in [1.165, 1.54) is 16.7 Å². The smallest absolute Gasteiger partial charge is 0.326 e. The fourth-order valence-corrected chi connectivity index (χ4v) is 3.27. The molecule has 8 heteroatoms. The fraction of sp³-hybridized carbons (Fsp3) is 0.429. The zero-order valence-corrected chi connectivity index (χ0v) is 14.7. The van der Waals surface area contributed by atoms with Gasteiger partial charge in [0, 0.05) is 17.9 Å². The SMILES string of the molecule is COc1cc(COC(=O)CN2CCSC2=O)c(OC)cc1Br. The van der Waals surface area contributed by atoms with Crippen LogP contribution in [0.5, 0.6) is 11.5 Å². The maximum absolute atomic E-state index is 11.8. The van der Waals surface area contributed by atoms with Gasteiger partial charge in [-0.2, -0.15) is 0 Å². The number of nitrogens with zero attached hydrogens (tertiary/aromatic N) is 1. The molecule has 1 saturated heterocycles. The molecule has 0 N–H and O–H groups in total. The molecule has 0 aromatic heterocycles. The first-order valence-corrected chi connectivity index (χ1v) is 8.30. The van der Waals surface area contributed by atoms with Crippen molar-refractivity contribution in [2.24, 2.45) is 0 Å². The van der Waals surface area contributed by atoms with E-state index in [0.29, 0.717) is 29.4 Å². The Bertz CT molecular complexity index is 581. The Balaban J connectivity index is 1.98. The number of amides is 1. The predicted molar refractivity (Wildman–Crippen MR) is 86.5 cm³/mol. The molecule has 1 aromatic carbocycles. The van der Waals surface area contributed by atoms with Gasteiger partial charge >= 0.3 is 5.97 Å². The molecule has 1 aliphatic rings. The molecule has 0 radical (unpaired) electrons. The molecule has 0 saturated carbocycles. The molecule has 120 valence electrons. The van der Waals surface area contributed by atoms with Gasteiger partial charge in [-0.15, -0.1) is 0 Å². The maximum Gasteiger partial charge on any atom is 0.326 e. The normalized spacial score (nSPS) is 14.1. The Morgan fingerprint density at radius 3 is 2.64 bits per heavy atom. The largest absolute Gasteiger partial charge is 0.496 e.